The molecule has 4 nitrogen and oxygen atoms in total. The van der Waals surface area contributed by atoms with Crippen LogP contribution in [-0.4, -0.2) is 29.0 Å². The van der Waals surface area contributed by atoms with Crippen molar-refractivity contribution in [2.24, 2.45) is 0 Å². The Balaban J connectivity index is 2.36. The molecule has 0 aliphatic rings. The number of hydrogen-bond donors (Lipinski definition) is 0. The third kappa shape index (κ3) is 6.08. The summed E-state index contributed by atoms with van der Waals surface area (Å²) in [7, 11) is 3.37. The third-order valence-electron chi connectivity index (χ3n) is 4.84. The van der Waals surface area contributed by atoms with Crippen LogP contribution in [0.4, 0.5) is 0 Å². The smallest absolute Gasteiger partial charge is 0.612 e. The highest BCUT2D eigenvalue weighted by atomic mass is 27.2. The second kappa shape index (κ2) is 9.32. The van der Waals surface area contributed by atoms with Crippen LogP contribution in [0.15, 0.2) is 36.4 Å². The number of hydrogen-bond acceptors (Lipinski definition) is 4. The summed E-state index contributed by atoms with van der Waals surface area (Å²) in [5.74, 6) is 3.43. The number of methoxy groups -OCH3 is 2. The Morgan fingerprint density at radius 1 is 0.690 bits per heavy atom. The fourth-order valence-corrected chi connectivity index (χ4v) is 4.48. The van der Waals surface area contributed by atoms with Crippen LogP contribution in [0.3, 0.4) is 0 Å². The molecule has 0 radical (unpaired) electrons. The predicted molar refractivity (Wildman–Crippen MR) is 121 cm³/mol. The van der Waals surface area contributed by atoms with E-state index in [1.165, 1.54) is 0 Å². The maximum atomic E-state index is 6.48. The maximum absolute atomic E-state index is 6.48. The van der Waals surface area contributed by atoms with Gasteiger partial charge in [0.05, 0.1) is 25.7 Å². The van der Waals surface area contributed by atoms with Crippen LogP contribution in [-0.2, 0) is 10.8 Å². The Bertz CT molecular complexity index is 751. The third-order valence-corrected chi connectivity index (χ3v) is 6.54. The number of benzene rings is 2. The first-order valence-corrected chi connectivity index (χ1v) is 12.0. The van der Waals surface area contributed by atoms with E-state index in [9.17, 15) is 0 Å². The monoisotopic (exact) mass is 414 g/mol. The molecule has 158 valence electrons. The molecule has 0 aliphatic carbocycles. The molecule has 0 spiro atoms. The van der Waals surface area contributed by atoms with Gasteiger partial charge in [0.1, 0.15) is 11.5 Å². The van der Waals surface area contributed by atoms with E-state index in [4.69, 9.17) is 17.1 Å². The summed E-state index contributed by atoms with van der Waals surface area (Å²) >= 11 is -2.00. The van der Waals surface area contributed by atoms with Gasteiger partial charge >= 0.3 is 14.8 Å². The minimum absolute atomic E-state index is 0.0623. The van der Waals surface area contributed by atoms with Crippen LogP contribution >= 0.6 is 0 Å². The van der Waals surface area contributed by atoms with Gasteiger partial charge in [-0.05, 0) is 63.6 Å². The molecule has 5 heteroatoms. The highest BCUT2D eigenvalue weighted by Crippen LogP contribution is 2.37. The molecule has 0 N–H and O–H groups in total. The van der Waals surface area contributed by atoms with Gasteiger partial charge in [-0.25, -0.2) is 0 Å². The lowest BCUT2D eigenvalue weighted by atomic mass is 9.86. The maximum Gasteiger partial charge on any atom is 0.856 e. The van der Waals surface area contributed by atoms with E-state index in [0.29, 0.717) is 0 Å². The predicted octanol–water partition coefficient (Wildman–Crippen LogP) is 6.26. The van der Waals surface area contributed by atoms with Gasteiger partial charge in [0.15, 0.2) is 0 Å². The van der Waals surface area contributed by atoms with E-state index in [0.717, 1.165) is 39.4 Å². The molecule has 0 aromatic heterocycles. The lowest BCUT2D eigenvalue weighted by Crippen LogP contribution is -2.31. The van der Waals surface area contributed by atoms with Gasteiger partial charge in [-0.1, -0.05) is 48.5 Å². The highest BCUT2D eigenvalue weighted by molar-refractivity contribution is 6.46. The molecule has 0 aliphatic heterocycles. The SMILES string of the molecule is C[CH2][Al]([O]c1ccc(OC)cc1C(C)(C)C)[O]c1ccc(OC)cc1C(C)(C)C. The zero-order valence-electron chi connectivity index (χ0n) is 19.4. The summed E-state index contributed by atoms with van der Waals surface area (Å²) in [5.41, 5.74) is 2.12. The fourth-order valence-electron chi connectivity index (χ4n) is 3.12. The summed E-state index contributed by atoms with van der Waals surface area (Å²) in [6.45, 7) is 15.2. The van der Waals surface area contributed by atoms with Crippen molar-refractivity contribution in [3.8, 4) is 23.0 Å². The van der Waals surface area contributed by atoms with Crippen molar-refractivity contribution in [3.05, 3.63) is 47.5 Å². The number of rotatable bonds is 7. The van der Waals surface area contributed by atoms with E-state index in [-0.39, 0.29) is 10.8 Å². The number of ether oxygens (including phenoxy) is 2. The molecule has 0 saturated heterocycles. The summed E-state index contributed by atoms with van der Waals surface area (Å²) < 4.78 is 23.8. The van der Waals surface area contributed by atoms with Crippen LogP contribution in [0.5, 0.6) is 23.0 Å². The van der Waals surface area contributed by atoms with Gasteiger partial charge < -0.3 is 17.1 Å². The normalized spacial score (nSPS) is 11.8. The Morgan fingerprint density at radius 2 is 1.07 bits per heavy atom. The molecular weight excluding hydrogens is 379 g/mol. The zero-order valence-corrected chi connectivity index (χ0v) is 20.5. The van der Waals surface area contributed by atoms with Crippen LogP contribution < -0.4 is 17.1 Å². The molecule has 2 aromatic rings. The highest BCUT2D eigenvalue weighted by Gasteiger charge is 2.34. The first-order chi connectivity index (χ1) is 13.5. The summed E-state index contributed by atoms with van der Waals surface area (Å²) in [6, 6.07) is 12.0. The lowest BCUT2D eigenvalue weighted by molar-refractivity contribution is 0.392. The average Bonchev–Trinajstić information content (AvgIpc) is 2.66. The van der Waals surface area contributed by atoms with Crippen molar-refractivity contribution >= 4 is 14.8 Å². The molecule has 0 saturated carbocycles. The molecule has 2 rings (SSSR count). The molecule has 29 heavy (non-hydrogen) atoms. The van der Waals surface area contributed by atoms with Crippen LogP contribution in [0.1, 0.15) is 59.6 Å². The van der Waals surface area contributed by atoms with Crippen molar-refractivity contribution in [1.29, 1.82) is 0 Å². The molecule has 0 fully saturated rings. The van der Waals surface area contributed by atoms with Crippen LogP contribution in [0.2, 0.25) is 5.28 Å². The van der Waals surface area contributed by atoms with Crippen molar-refractivity contribution in [1.82, 2.24) is 0 Å². The van der Waals surface area contributed by atoms with Gasteiger partial charge in [-0.3, -0.25) is 0 Å². The lowest BCUT2D eigenvalue weighted by Gasteiger charge is -2.28. The van der Waals surface area contributed by atoms with E-state index < -0.39 is 14.8 Å². The molecule has 0 atom stereocenters. The summed E-state index contributed by atoms with van der Waals surface area (Å²) in [5, 5.41) is 0.852. The molecule has 0 amide bonds. The standard InChI is InChI=1S/2C11H16O2.C2H5.Al/c2*1-11(2,3)9-7-8(13-4)5-6-10(9)12;1-2;/h2*5-7,12H,1-4H3;1H2,2H3;/q;;;+2/p-2. The zero-order chi connectivity index (χ0) is 21.8. The molecule has 0 unspecified atom stereocenters. The Kier molecular flexibility index (Phi) is 7.54. The second-order valence-electron chi connectivity index (χ2n) is 9.30. The Labute approximate surface area is 181 Å². The van der Waals surface area contributed by atoms with Gasteiger partial charge in [-0.15, -0.1) is 0 Å². The van der Waals surface area contributed by atoms with Gasteiger partial charge in [0, 0.05) is 0 Å². The minimum Gasteiger partial charge on any atom is -0.612 e. The second-order valence-corrected chi connectivity index (χ2v) is 11.4. The van der Waals surface area contributed by atoms with Crippen molar-refractivity contribution in [3.63, 3.8) is 0 Å². The first-order valence-electron chi connectivity index (χ1n) is 10.2. The van der Waals surface area contributed by atoms with E-state index >= 15 is 0 Å². The first kappa shape index (κ1) is 23.5. The van der Waals surface area contributed by atoms with E-state index in [1.54, 1.807) is 14.2 Å². The van der Waals surface area contributed by atoms with Crippen molar-refractivity contribution in [2.45, 2.75) is 64.6 Å². The average molecular weight is 415 g/mol. The fraction of sp³-hybridized carbons (Fsp3) is 0.500. The van der Waals surface area contributed by atoms with Crippen LogP contribution in [0.25, 0.3) is 0 Å². The molecular formula is C24H35AlO4. The Hall–Kier alpha value is -1.83. The van der Waals surface area contributed by atoms with Crippen molar-refractivity contribution < 1.29 is 17.1 Å². The van der Waals surface area contributed by atoms with Crippen LogP contribution in [0, 0.1) is 0 Å². The van der Waals surface area contributed by atoms with Gasteiger partial charge in [-0.2, -0.15) is 0 Å². The van der Waals surface area contributed by atoms with Crippen molar-refractivity contribution in [2.75, 3.05) is 14.2 Å². The quantitative estimate of drug-likeness (QED) is 0.501. The Morgan fingerprint density at radius 3 is 1.34 bits per heavy atom. The summed E-state index contributed by atoms with van der Waals surface area (Å²) in [6.07, 6.45) is 0. The van der Waals surface area contributed by atoms with Gasteiger partial charge in [0.25, 0.3) is 0 Å². The summed E-state index contributed by atoms with van der Waals surface area (Å²) in [4.78, 5) is 0. The van der Waals surface area contributed by atoms with E-state index in [2.05, 4.69) is 60.6 Å². The minimum atomic E-state index is -2.00. The molecule has 2 aromatic carbocycles. The largest absolute Gasteiger partial charge is 0.856 e. The van der Waals surface area contributed by atoms with E-state index in [1.807, 2.05) is 24.3 Å². The van der Waals surface area contributed by atoms with Gasteiger partial charge in [0.2, 0.25) is 0 Å². The topological polar surface area (TPSA) is 36.9 Å². The molecule has 0 heterocycles. The molecule has 0 bridgehead atoms.